The first-order valence-electron chi connectivity index (χ1n) is 6.53. The van der Waals surface area contributed by atoms with Crippen LogP contribution in [0.25, 0.3) is 0 Å². The van der Waals surface area contributed by atoms with Crippen molar-refractivity contribution in [1.29, 1.82) is 0 Å². The molecule has 0 aliphatic heterocycles. The Bertz CT molecular complexity index is 426. The number of nitrogens with zero attached hydrogens (tertiary/aromatic N) is 1. The van der Waals surface area contributed by atoms with E-state index >= 15 is 0 Å². The maximum atomic E-state index is 12.5. The molecule has 0 atom stereocenters. The second-order valence-corrected chi connectivity index (χ2v) is 5.02. The molecule has 1 heterocycles. The molecule has 1 aliphatic rings. The van der Waals surface area contributed by atoms with Gasteiger partial charge >= 0.3 is 6.18 Å². The van der Waals surface area contributed by atoms with Crippen LogP contribution in [0.5, 0.6) is 0 Å². The van der Waals surface area contributed by atoms with Gasteiger partial charge in [0.25, 0.3) is 0 Å². The zero-order valence-corrected chi connectivity index (χ0v) is 10.6. The average molecular weight is 273 g/mol. The van der Waals surface area contributed by atoms with E-state index in [1.165, 1.54) is 25.7 Å². The first-order chi connectivity index (χ1) is 8.97. The van der Waals surface area contributed by atoms with Crippen molar-refractivity contribution in [3.05, 3.63) is 18.0 Å². The number of hydrogen-bond acceptors (Lipinski definition) is 3. The van der Waals surface area contributed by atoms with Gasteiger partial charge in [0.05, 0.1) is 17.6 Å². The van der Waals surface area contributed by atoms with Gasteiger partial charge in [0.2, 0.25) is 0 Å². The van der Waals surface area contributed by atoms with Crippen molar-refractivity contribution in [3.63, 3.8) is 0 Å². The summed E-state index contributed by atoms with van der Waals surface area (Å²) < 4.78 is 37.6. The third kappa shape index (κ3) is 3.75. The maximum Gasteiger partial charge on any atom is 0.433 e. The molecule has 2 rings (SSSR count). The van der Waals surface area contributed by atoms with Crippen molar-refractivity contribution in [2.45, 2.75) is 38.3 Å². The Balaban J connectivity index is 1.94. The normalized spacial score (nSPS) is 16.8. The Morgan fingerprint density at radius 2 is 2.00 bits per heavy atom. The zero-order valence-electron chi connectivity index (χ0n) is 10.6. The van der Waals surface area contributed by atoms with Crippen LogP contribution < -0.4 is 11.1 Å². The van der Waals surface area contributed by atoms with Crippen LogP contribution in [0.2, 0.25) is 0 Å². The minimum absolute atomic E-state index is 0.249. The molecule has 106 valence electrons. The van der Waals surface area contributed by atoms with Crippen molar-refractivity contribution >= 4 is 11.4 Å². The molecule has 1 saturated carbocycles. The van der Waals surface area contributed by atoms with E-state index in [-0.39, 0.29) is 5.69 Å². The lowest BCUT2D eigenvalue weighted by molar-refractivity contribution is -0.141. The number of nitrogens with one attached hydrogen (secondary N) is 1. The number of hydrogen-bond donors (Lipinski definition) is 2. The molecule has 0 saturated heterocycles. The third-order valence-corrected chi connectivity index (χ3v) is 3.57. The summed E-state index contributed by atoms with van der Waals surface area (Å²) in [5.41, 5.74) is 5.29. The Labute approximate surface area is 110 Å². The zero-order chi connectivity index (χ0) is 13.9. The smallest absolute Gasteiger partial charge is 0.396 e. The molecule has 1 aromatic heterocycles. The van der Waals surface area contributed by atoms with Crippen molar-refractivity contribution in [1.82, 2.24) is 4.98 Å². The summed E-state index contributed by atoms with van der Waals surface area (Å²) in [6, 6.07) is 0.976. The highest BCUT2D eigenvalue weighted by atomic mass is 19.4. The summed E-state index contributed by atoms with van der Waals surface area (Å²) in [6.07, 6.45) is 2.57. The monoisotopic (exact) mass is 273 g/mol. The van der Waals surface area contributed by atoms with Crippen LogP contribution in [-0.4, -0.2) is 11.5 Å². The summed E-state index contributed by atoms with van der Waals surface area (Å²) >= 11 is 0. The van der Waals surface area contributed by atoms with Gasteiger partial charge in [-0.1, -0.05) is 25.7 Å². The van der Waals surface area contributed by atoms with Crippen LogP contribution in [0.4, 0.5) is 24.5 Å². The van der Waals surface area contributed by atoms with E-state index in [0.29, 0.717) is 18.2 Å². The molecule has 0 bridgehead atoms. The van der Waals surface area contributed by atoms with E-state index in [1.54, 1.807) is 0 Å². The molecule has 1 fully saturated rings. The van der Waals surface area contributed by atoms with Crippen molar-refractivity contribution in [2.24, 2.45) is 5.92 Å². The molecule has 0 aromatic carbocycles. The lowest BCUT2D eigenvalue weighted by Crippen LogP contribution is -2.12. The molecule has 0 unspecified atom stereocenters. The van der Waals surface area contributed by atoms with Crippen LogP contribution >= 0.6 is 0 Å². The first-order valence-corrected chi connectivity index (χ1v) is 6.53. The molecule has 0 radical (unpaired) electrons. The fourth-order valence-electron chi connectivity index (χ4n) is 2.48. The minimum atomic E-state index is -4.43. The predicted octanol–water partition coefficient (Wildman–Crippen LogP) is 3.67. The summed E-state index contributed by atoms with van der Waals surface area (Å²) in [7, 11) is 0. The van der Waals surface area contributed by atoms with Crippen molar-refractivity contribution < 1.29 is 13.2 Å². The van der Waals surface area contributed by atoms with Crippen LogP contribution in [-0.2, 0) is 6.18 Å². The van der Waals surface area contributed by atoms with Crippen LogP contribution in [0, 0.1) is 5.92 Å². The van der Waals surface area contributed by atoms with E-state index in [1.807, 2.05) is 0 Å². The Hall–Kier alpha value is -1.46. The van der Waals surface area contributed by atoms with Crippen LogP contribution in [0.3, 0.4) is 0 Å². The summed E-state index contributed by atoms with van der Waals surface area (Å²) in [5.74, 6) is 0.692. The Morgan fingerprint density at radius 3 is 2.63 bits per heavy atom. The van der Waals surface area contributed by atoms with E-state index in [0.717, 1.165) is 18.7 Å². The van der Waals surface area contributed by atoms with Crippen molar-refractivity contribution in [3.8, 4) is 0 Å². The lowest BCUT2D eigenvalue weighted by Gasteiger charge is -2.14. The Kier molecular flexibility index (Phi) is 4.17. The number of nitrogen functional groups attached to an aromatic ring is 1. The third-order valence-electron chi connectivity index (χ3n) is 3.57. The number of anilines is 2. The number of halogens is 3. The number of aromatic nitrogens is 1. The molecule has 1 aliphatic carbocycles. The molecule has 1 aromatic rings. The van der Waals surface area contributed by atoms with Gasteiger partial charge in [-0.05, 0) is 18.4 Å². The number of pyridine rings is 1. The summed E-state index contributed by atoms with van der Waals surface area (Å²) in [6.45, 7) is 0.649. The van der Waals surface area contributed by atoms with Crippen molar-refractivity contribution in [2.75, 3.05) is 17.6 Å². The fourth-order valence-corrected chi connectivity index (χ4v) is 2.48. The Morgan fingerprint density at radius 1 is 1.32 bits per heavy atom. The van der Waals surface area contributed by atoms with Gasteiger partial charge in [0.15, 0.2) is 0 Å². The van der Waals surface area contributed by atoms with E-state index in [2.05, 4.69) is 10.3 Å². The summed E-state index contributed by atoms with van der Waals surface area (Å²) in [4.78, 5) is 3.31. The van der Waals surface area contributed by atoms with Gasteiger partial charge in [-0.15, -0.1) is 0 Å². The lowest BCUT2D eigenvalue weighted by atomic mass is 10.0. The largest absolute Gasteiger partial charge is 0.433 e. The van der Waals surface area contributed by atoms with Gasteiger partial charge in [-0.3, -0.25) is 0 Å². The minimum Gasteiger partial charge on any atom is -0.396 e. The summed E-state index contributed by atoms with van der Waals surface area (Å²) in [5, 5.41) is 2.99. The van der Waals surface area contributed by atoms with Crippen LogP contribution in [0.15, 0.2) is 12.3 Å². The van der Waals surface area contributed by atoms with E-state index in [9.17, 15) is 13.2 Å². The van der Waals surface area contributed by atoms with Gasteiger partial charge < -0.3 is 11.1 Å². The first kappa shape index (κ1) is 14.0. The molecule has 3 N–H and O–H groups in total. The quantitative estimate of drug-likeness (QED) is 0.880. The standard InChI is InChI=1S/C13H18F3N3/c14-13(15,16)12-7-11(10(17)8-19-12)18-6-5-9-3-1-2-4-9/h7-9H,1-6,17H2,(H,18,19). The molecular weight excluding hydrogens is 255 g/mol. The van der Waals surface area contributed by atoms with Gasteiger partial charge in [0.1, 0.15) is 5.69 Å². The number of alkyl halides is 3. The molecule has 6 heteroatoms. The average Bonchev–Trinajstić information content (AvgIpc) is 2.83. The molecule has 0 spiro atoms. The SMILES string of the molecule is Nc1cnc(C(F)(F)F)cc1NCCC1CCCC1. The van der Waals surface area contributed by atoms with E-state index < -0.39 is 11.9 Å². The number of rotatable bonds is 4. The second kappa shape index (κ2) is 5.67. The number of nitrogens with two attached hydrogens (primary N) is 1. The van der Waals surface area contributed by atoms with Gasteiger partial charge in [-0.2, -0.15) is 13.2 Å². The molecule has 3 nitrogen and oxygen atoms in total. The predicted molar refractivity (Wildman–Crippen MR) is 68.7 cm³/mol. The second-order valence-electron chi connectivity index (χ2n) is 5.02. The topological polar surface area (TPSA) is 50.9 Å². The highest BCUT2D eigenvalue weighted by Crippen LogP contribution is 2.31. The van der Waals surface area contributed by atoms with Gasteiger partial charge in [-0.25, -0.2) is 4.98 Å². The molecule has 19 heavy (non-hydrogen) atoms. The highest BCUT2D eigenvalue weighted by Gasteiger charge is 2.32. The molecule has 0 amide bonds. The molecular formula is C13H18F3N3. The van der Waals surface area contributed by atoms with Gasteiger partial charge in [0, 0.05) is 6.54 Å². The maximum absolute atomic E-state index is 12.5. The fraction of sp³-hybridized carbons (Fsp3) is 0.615. The van der Waals surface area contributed by atoms with E-state index in [4.69, 9.17) is 5.73 Å². The van der Waals surface area contributed by atoms with Crippen LogP contribution in [0.1, 0.15) is 37.8 Å². The highest BCUT2D eigenvalue weighted by molar-refractivity contribution is 5.65.